The maximum Gasteiger partial charge on any atom is 0.402 e. The van der Waals surface area contributed by atoms with Crippen molar-refractivity contribution in [1.29, 1.82) is 0 Å². The Balaban J connectivity index is 1.56. The maximum absolute atomic E-state index is 12.2. The first-order chi connectivity index (χ1) is 12.2. The second-order valence-corrected chi connectivity index (χ2v) is 7.77. The molecular weight excluding hydrogens is 371 g/mol. The van der Waals surface area contributed by atoms with Gasteiger partial charge in [0.25, 0.3) is 10.2 Å². The summed E-state index contributed by atoms with van der Waals surface area (Å²) >= 11 is 0. The van der Waals surface area contributed by atoms with Crippen LogP contribution in [0.3, 0.4) is 0 Å². The Hall–Kier alpha value is -1.98. The Bertz CT molecular complexity index is 867. The van der Waals surface area contributed by atoms with E-state index in [0.29, 0.717) is 18.8 Å². The molecular formula is C15H18F3N5O2S. The molecule has 7 nitrogen and oxygen atoms in total. The van der Waals surface area contributed by atoms with Gasteiger partial charge in [0.15, 0.2) is 0 Å². The van der Waals surface area contributed by atoms with Crippen LogP contribution in [0.15, 0.2) is 30.5 Å². The molecule has 0 aliphatic carbocycles. The zero-order valence-electron chi connectivity index (χ0n) is 13.7. The van der Waals surface area contributed by atoms with Crippen LogP contribution in [0.1, 0.15) is 12.8 Å². The number of rotatable bonds is 5. The molecule has 142 valence electrons. The number of anilines is 1. The fraction of sp³-hybridized carbons (Fsp3) is 0.467. The molecule has 0 amide bonds. The van der Waals surface area contributed by atoms with Crippen molar-refractivity contribution in [3.05, 3.63) is 30.5 Å². The number of piperidine rings is 1. The number of aromatic nitrogens is 2. The lowest BCUT2D eigenvalue weighted by atomic mass is 10.1. The Labute approximate surface area is 148 Å². The van der Waals surface area contributed by atoms with Crippen molar-refractivity contribution in [1.82, 2.24) is 19.0 Å². The van der Waals surface area contributed by atoms with Gasteiger partial charge in [-0.05, 0) is 18.9 Å². The van der Waals surface area contributed by atoms with Crippen molar-refractivity contribution < 1.29 is 21.6 Å². The van der Waals surface area contributed by atoms with Crippen LogP contribution in [0.25, 0.3) is 10.9 Å². The molecule has 0 spiro atoms. The Kier molecular flexibility index (Phi) is 5.30. The molecule has 1 fully saturated rings. The second-order valence-electron chi connectivity index (χ2n) is 6.01. The Morgan fingerprint density at radius 2 is 1.88 bits per heavy atom. The van der Waals surface area contributed by atoms with E-state index in [2.05, 4.69) is 15.3 Å². The third-order valence-corrected chi connectivity index (χ3v) is 5.63. The van der Waals surface area contributed by atoms with Crippen molar-refractivity contribution in [3.63, 3.8) is 0 Å². The van der Waals surface area contributed by atoms with E-state index < -0.39 is 22.9 Å². The number of halogens is 3. The van der Waals surface area contributed by atoms with Gasteiger partial charge in [-0.25, -0.2) is 9.97 Å². The molecule has 2 aromatic rings. The van der Waals surface area contributed by atoms with Crippen LogP contribution in [0, 0.1) is 0 Å². The van der Waals surface area contributed by atoms with Gasteiger partial charge in [-0.1, -0.05) is 18.2 Å². The average molecular weight is 389 g/mol. The van der Waals surface area contributed by atoms with Crippen molar-refractivity contribution in [2.45, 2.75) is 25.1 Å². The summed E-state index contributed by atoms with van der Waals surface area (Å²) in [6.07, 6.45) is -1.99. The number of para-hydroxylation sites is 1. The van der Waals surface area contributed by atoms with Crippen LogP contribution in [-0.4, -0.2) is 54.5 Å². The molecule has 1 aromatic heterocycles. The van der Waals surface area contributed by atoms with Crippen LogP contribution in [0.4, 0.5) is 19.1 Å². The third kappa shape index (κ3) is 4.80. The van der Waals surface area contributed by atoms with Crippen LogP contribution in [0.2, 0.25) is 0 Å². The van der Waals surface area contributed by atoms with Crippen LogP contribution >= 0.6 is 0 Å². The van der Waals surface area contributed by atoms with Crippen molar-refractivity contribution >= 4 is 27.1 Å². The summed E-state index contributed by atoms with van der Waals surface area (Å²) in [4.78, 5) is 8.64. The molecule has 1 aromatic carbocycles. The fourth-order valence-corrected chi connectivity index (χ4v) is 3.95. The zero-order valence-corrected chi connectivity index (χ0v) is 14.5. The lowest BCUT2D eigenvalue weighted by Crippen LogP contribution is -2.49. The second kappa shape index (κ2) is 7.33. The number of hydrogen-bond donors (Lipinski definition) is 2. The molecule has 11 heteroatoms. The van der Waals surface area contributed by atoms with E-state index >= 15 is 0 Å². The van der Waals surface area contributed by atoms with Gasteiger partial charge in [-0.15, -0.1) is 0 Å². The maximum atomic E-state index is 12.2. The minimum atomic E-state index is -4.58. The van der Waals surface area contributed by atoms with Gasteiger partial charge in [0.2, 0.25) is 5.95 Å². The first-order valence-electron chi connectivity index (χ1n) is 8.03. The number of nitrogens with zero attached hydrogens (tertiary/aromatic N) is 3. The van der Waals surface area contributed by atoms with Gasteiger partial charge in [-0.2, -0.15) is 30.6 Å². The van der Waals surface area contributed by atoms with Gasteiger partial charge in [-0.3, -0.25) is 0 Å². The predicted octanol–water partition coefficient (Wildman–Crippen LogP) is 1.90. The summed E-state index contributed by atoms with van der Waals surface area (Å²) in [5.74, 6) is 0.445. The minimum absolute atomic E-state index is 0.0507. The molecule has 0 atom stereocenters. The monoisotopic (exact) mass is 389 g/mol. The van der Waals surface area contributed by atoms with E-state index in [1.165, 1.54) is 0 Å². The van der Waals surface area contributed by atoms with E-state index in [-0.39, 0.29) is 19.1 Å². The predicted molar refractivity (Wildman–Crippen MR) is 90.7 cm³/mol. The molecule has 0 unspecified atom stereocenters. The smallest absolute Gasteiger partial charge is 0.351 e. The highest BCUT2D eigenvalue weighted by atomic mass is 32.2. The van der Waals surface area contributed by atoms with Crippen LogP contribution in [0.5, 0.6) is 0 Å². The highest BCUT2D eigenvalue weighted by Crippen LogP contribution is 2.19. The average Bonchev–Trinajstić information content (AvgIpc) is 2.60. The van der Waals surface area contributed by atoms with E-state index in [9.17, 15) is 21.6 Å². The largest absolute Gasteiger partial charge is 0.402 e. The Morgan fingerprint density at radius 1 is 1.19 bits per heavy atom. The standard InChI is InChI=1S/C15H18F3N5O2S/c16-15(17,18)10-20-26(24,25)23-7-5-12(6-8-23)21-14-19-9-11-3-1-2-4-13(11)22-14/h1-4,9,12,20H,5-8,10H2,(H,19,21,22). The quantitative estimate of drug-likeness (QED) is 0.816. The van der Waals surface area contributed by atoms with Gasteiger partial charge in [0, 0.05) is 30.7 Å². The van der Waals surface area contributed by atoms with Gasteiger partial charge < -0.3 is 5.32 Å². The first-order valence-corrected chi connectivity index (χ1v) is 9.47. The van der Waals surface area contributed by atoms with Gasteiger partial charge in [0.1, 0.15) is 6.54 Å². The fourth-order valence-electron chi connectivity index (χ4n) is 2.73. The van der Waals surface area contributed by atoms with Crippen LogP contribution in [-0.2, 0) is 10.2 Å². The summed E-state index contributed by atoms with van der Waals surface area (Å²) in [6, 6.07) is 7.48. The number of benzene rings is 1. The molecule has 2 heterocycles. The van der Waals surface area contributed by atoms with Gasteiger partial charge in [0.05, 0.1) is 5.52 Å². The highest BCUT2D eigenvalue weighted by molar-refractivity contribution is 7.87. The van der Waals surface area contributed by atoms with Crippen LogP contribution < -0.4 is 10.0 Å². The number of nitrogens with one attached hydrogen (secondary N) is 2. The summed E-state index contributed by atoms with van der Waals surface area (Å²) < 4.78 is 63.0. The lowest BCUT2D eigenvalue weighted by molar-refractivity contribution is -0.121. The van der Waals surface area contributed by atoms with Gasteiger partial charge >= 0.3 is 6.18 Å². The molecule has 0 saturated carbocycles. The number of fused-ring (bicyclic) bond motifs is 1. The van der Waals surface area contributed by atoms with Crippen molar-refractivity contribution in [2.75, 3.05) is 25.0 Å². The number of hydrogen-bond acceptors (Lipinski definition) is 5. The van der Waals surface area contributed by atoms with E-state index in [1.807, 2.05) is 24.3 Å². The zero-order chi connectivity index (χ0) is 18.8. The summed E-state index contributed by atoms with van der Waals surface area (Å²) in [5.41, 5.74) is 0.793. The summed E-state index contributed by atoms with van der Waals surface area (Å²) in [6.45, 7) is -1.32. The molecule has 1 aliphatic rings. The highest BCUT2D eigenvalue weighted by Gasteiger charge is 2.33. The van der Waals surface area contributed by atoms with E-state index in [0.717, 1.165) is 15.2 Å². The molecule has 3 rings (SSSR count). The molecule has 0 bridgehead atoms. The molecule has 1 aliphatic heterocycles. The third-order valence-electron chi connectivity index (χ3n) is 4.07. The molecule has 1 saturated heterocycles. The molecule has 26 heavy (non-hydrogen) atoms. The number of alkyl halides is 3. The van der Waals surface area contributed by atoms with Crippen molar-refractivity contribution in [3.8, 4) is 0 Å². The molecule has 0 radical (unpaired) electrons. The Morgan fingerprint density at radius 3 is 2.58 bits per heavy atom. The summed E-state index contributed by atoms with van der Waals surface area (Å²) in [7, 11) is -4.14. The first kappa shape index (κ1) is 18.8. The molecule has 2 N–H and O–H groups in total. The van der Waals surface area contributed by atoms with E-state index in [1.54, 1.807) is 10.9 Å². The van der Waals surface area contributed by atoms with Crippen molar-refractivity contribution in [2.24, 2.45) is 0 Å². The van der Waals surface area contributed by atoms with E-state index in [4.69, 9.17) is 0 Å². The topological polar surface area (TPSA) is 87.2 Å². The SMILES string of the molecule is O=S(=O)(NCC(F)(F)F)N1CCC(Nc2ncc3ccccc3n2)CC1. The normalized spacial score (nSPS) is 17.5. The summed E-state index contributed by atoms with van der Waals surface area (Å²) in [5, 5.41) is 4.07. The minimum Gasteiger partial charge on any atom is -0.351 e. The lowest BCUT2D eigenvalue weighted by Gasteiger charge is -2.31.